The molecule has 1 fully saturated rings. The molecule has 1 aromatic rings. The number of likely N-dealkylation sites (tertiary alicyclic amines) is 1. The molecular weight excluding hydrogens is 248 g/mol. The van der Waals surface area contributed by atoms with E-state index in [1.54, 1.807) is 0 Å². The van der Waals surface area contributed by atoms with Crippen LogP contribution in [0.15, 0.2) is 24.3 Å². The number of rotatable bonds is 7. The Kier molecular flexibility index (Phi) is 6.02. The summed E-state index contributed by atoms with van der Waals surface area (Å²) in [7, 11) is 2.22. The number of ether oxygens (including phenoxy) is 1. The van der Waals surface area contributed by atoms with Gasteiger partial charge < -0.3 is 15.4 Å². The van der Waals surface area contributed by atoms with Crippen molar-refractivity contribution in [2.24, 2.45) is 5.73 Å². The molecule has 1 saturated heterocycles. The molecule has 1 aliphatic rings. The molecule has 2 rings (SSSR count). The predicted molar refractivity (Wildman–Crippen MR) is 83.8 cm³/mol. The first-order valence-electron chi connectivity index (χ1n) is 7.77. The Morgan fingerprint density at radius 2 is 2.10 bits per heavy atom. The second-order valence-corrected chi connectivity index (χ2v) is 6.00. The van der Waals surface area contributed by atoms with Crippen molar-refractivity contribution < 1.29 is 4.74 Å². The van der Waals surface area contributed by atoms with Crippen LogP contribution in [0.3, 0.4) is 0 Å². The molecule has 0 spiro atoms. The highest BCUT2D eigenvalue weighted by molar-refractivity contribution is 5.24. The van der Waals surface area contributed by atoms with Gasteiger partial charge in [-0.1, -0.05) is 31.2 Å². The first-order valence-corrected chi connectivity index (χ1v) is 7.77. The normalized spacial score (nSPS) is 21.2. The average Bonchev–Trinajstić information content (AvgIpc) is 2.89. The van der Waals surface area contributed by atoms with Crippen molar-refractivity contribution in [2.45, 2.75) is 44.8 Å². The third kappa shape index (κ3) is 4.30. The van der Waals surface area contributed by atoms with Gasteiger partial charge in [0.25, 0.3) is 0 Å². The minimum absolute atomic E-state index is 0.433. The predicted octanol–water partition coefficient (Wildman–Crippen LogP) is 2.75. The van der Waals surface area contributed by atoms with E-state index in [1.807, 2.05) is 0 Å². The molecule has 3 nitrogen and oxygen atoms in total. The highest BCUT2D eigenvalue weighted by Gasteiger charge is 2.19. The van der Waals surface area contributed by atoms with Crippen LogP contribution in [0, 0.1) is 0 Å². The highest BCUT2D eigenvalue weighted by atomic mass is 16.5. The van der Waals surface area contributed by atoms with E-state index in [1.165, 1.54) is 30.5 Å². The second kappa shape index (κ2) is 7.77. The molecule has 1 aromatic carbocycles. The molecule has 2 unspecified atom stereocenters. The van der Waals surface area contributed by atoms with E-state index in [0.717, 1.165) is 19.1 Å². The van der Waals surface area contributed by atoms with Crippen LogP contribution in [0.5, 0.6) is 0 Å². The quantitative estimate of drug-likeness (QED) is 0.778. The van der Waals surface area contributed by atoms with E-state index in [9.17, 15) is 0 Å². The van der Waals surface area contributed by atoms with Crippen LogP contribution in [0.25, 0.3) is 0 Å². The maximum Gasteiger partial charge on any atom is 0.0716 e. The van der Waals surface area contributed by atoms with Crippen LogP contribution < -0.4 is 5.73 Å². The summed E-state index contributed by atoms with van der Waals surface area (Å²) in [6.45, 7) is 5.67. The summed E-state index contributed by atoms with van der Waals surface area (Å²) in [6, 6.07) is 9.37. The van der Waals surface area contributed by atoms with Crippen molar-refractivity contribution in [3.63, 3.8) is 0 Å². The fourth-order valence-corrected chi connectivity index (χ4v) is 2.83. The van der Waals surface area contributed by atoms with Crippen molar-refractivity contribution in [1.29, 1.82) is 0 Å². The average molecular weight is 276 g/mol. The van der Waals surface area contributed by atoms with Crippen LogP contribution in [-0.2, 0) is 11.3 Å². The molecule has 0 bridgehead atoms. The van der Waals surface area contributed by atoms with Gasteiger partial charge in [-0.15, -0.1) is 0 Å². The first-order chi connectivity index (χ1) is 9.70. The SMILES string of the molecule is CC(CN)c1ccc(COCCC2CCCN2C)cc1. The summed E-state index contributed by atoms with van der Waals surface area (Å²) in [5, 5.41) is 0. The Bertz CT molecular complexity index is 390. The van der Waals surface area contributed by atoms with Crippen molar-refractivity contribution in [2.75, 3.05) is 26.7 Å². The van der Waals surface area contributed by atoms with Gasteiger partial charge in [-0.2, -0.15) is 0 Å². The third-order valence-electron chi connectivity index (χ3n) is 4.44. The summed E-state index contributed by atoms with van der Waals surface area (Å²) >= 11 is 0. The van der Waals surface area contributed by atoms with Crippen LogP contribution in [0.2, 0.25) is 0 Å². The van der Waals surface area contributed by atoms with Crippen molar-refractivity contribution >= 4 is 0 Å². The van der Waals surface area contributed by atoms with Gasteiger partial charge in [-0.05, 0) is 56.4 Å². The van der Waals surface area contributed by atoms with E-state index in [0.29, 0.717) is 19.1 Å². The van der Waals surface area contributed by atoms with Gasteiger partial charge in [0.1, 0.15) is 0 Å². The molecule has 1 heterocycles. The van der Waals surface area contributed by atoms with Crippen LogP contribution in [0.1, 0.15) is 43.2 Å². The first kappa shape index (κ1) is 15.5. The molecule has 0 radical (unpaired) electrons. The Morgan fingerprint density at radius 3 is 2.70 bits per heavy atom. The lowest BCUT2D eigenvalue weighted by Crippen LogP contribution is -2.26. The lowest BCUT2D eigenvalue weighted by molar-refractivity contribution is 0.101. The molecule has 112 valence electrons. The van der Waals surface area contributed by atoms with Crippen molar-refractivity contribution in [1.82, 2.24) is 4.90 Å². The lowest BCUT2D eigenvalue weighted by atomic mass is 10.0. The standard InChI is InChI=1S/C17H28N2O/c1-14(12-18)16-7-5-15(6-8-16)13-20-11-9-17-4-3-10-19(17)2/h5-8,14,17H,3-4,9-13,18H2,1-2H3. The van der Waals surface area contributed by atoms with Crippen molar-refractivity contribution in [3.8, 4) is 0 Å². The molecule has 0 amide bonds. The van der Waals surface area contributed by atoms with Crippen LogP contribution in [0.4, 0.5) is 0 Å². The van der Waals surface area contributed by atoms with E-state index < -0.39 is 0 Å². The maximum atomic E-state index is 5.81. The number of benzene rings is 1. The number of hydrogen-bond acceptors (Lipinski definition) is 3. The Labute approximate surface area is 123 Å². The minimum atomic E-state index is 0.433. The lowest BCUT2D eigenvalue weighted by Gasteiger charge is -2.19. The molecule has 0 aliphatic carbocycles. The van der Waals surface area contributed by atoms with Crippen molar-refractivity contribution in [3.05, 3.63) is 35.4 Å². The van der Waals surface area contributed by atoms with Gasteiger partial charge in [0.05, 0.1) is 6.61 Å². The molecule has 2 N–H and O–H groups in total. The van der Waals surface area contributed by atoms with E-state index in [-0.39, 0.29) is 0 Å². The van der Waals surface area contributed by atoms with E-state index in [4.69, 9.17) is 10.5 Å². The zero-order valence-corrected chi connectivity index (χ0v) is 12.8. The zero-order chi connectivity index (χ0) is 14.4. The summed E-state index contributed by atoms with van der Waals surface area (Å²) in [6.07, 6.45) is 3.81. The van der Waals surface area contributed by atoms with Gasteiger partial charge >= 0.3 is 0 Å². The van der Waals surface area contributed by atoms with Crippen LogP contribution in [-0.4, -0.2) is 37.7 Å². The Morgan fingerprint density at radius 1 is 1.35 bits per heavy atom. The molecular formula is C17H28N2O. The summed E-state index contributed by atoms with van der Waals surface area (Å²) in [4.78, 5) is 2.45. The molecule has 20 heavy (non-hydrogen) atoms. The highest BCUT2D eigenvalue weighted by Crippen LogP contribution is 2.18. The second-order valence-electron chi connectivity index (χ2n) is 6.00. The topological polar surface area (TPSA) is 38.5 Å². The Balaban J connectivity index is 1.69. The molecule has 0 saturated carbocycles. The van der Waals surface area contributed by atoms with Gasteiger partial charge in [-0.3, -0.25) is 0 Å². The summed E-state index contributed by atoms with van der Waals surface area (Å²) < 4.78 is 5.81. The fraction of sp³-hybridized carbons (Fsp3) is 0.647. The number of nitrogens with zero attached hydrogens (tertiary/aromatic N) is 1. The zero-order valence-electron chi connectivity index (χ0n) is 12.8. The van der Waals surface area contributed by atoms with E-state index >= 15 is 0 Å². The molecule has 0 aromatic heterocycles. The van der Waals surface area contributed by atoms with Gasteiger partial charge in [0.15, 0.2) is 0 Å². The third-order valence-corrected chi connectivity index (χ3v) is 4.44. The fourth-order valence-electron chi connectivity index (χ4n) is 2.83. The van der Waals surface area contributed by atoms with Gasteiger partial charge in [0.2, 0.25) is 0 Å². The van der Waals surface area contributed by atoms with Gasteiger partial charge in [0, 0.05) is 12.6 Å². The molecule has 2 atom stereocenters. The number of hydrogen-bond donors (Lipinski definition) is 1. The Hall–Kier alpha value is -0.900. The van der Waals surface area contributed by atoms with Gasteiger partial charge in [-0.25, -0.2) is 0 Å². The van der Waals surface area contributed by atoms with Crippen LogP contribution >= 0.6 is 0 Å². The molecule has 3 heteroatoms. The minimum Gasteiger partial charge on any atom is -0.377 e. The largest absolute Gasteiger partial charge is 0.377 e. The van der Waals surface area contributed by atoms with E-state index in [2.05, 4.69) is 43.1 Å². The smallest absolute Gasteiger partial charge is 0.0716 e. The maximum absolute atomic E-state index is 5.81. The molecule has 1 aliphatic heterocycles. The summed E-state index contributed by atoms with van der Waals surface area (Å²) in [5.41, 5.74) is 8.24. The number of nitrogens with two attached hydrogens (primary N) is 1. The monoisotopic (exact) mass is 276 g/mol. The summed E-state index contributed by atoms with van der Waals surface area (Å²) in [5.74, 6) is 0.433.